The highest BCUT2D eigenvalue weighted by Crippen LogP contribution is 2.28. The van der Waals surface area contributed by atoms with Crippen LogP contribution in [0.25, 0.3) is 0 Å². The Balaban J connectivity index is 2.25. The summed E-state index contributed by atoms with van der Waals surface area (Å²) in [5, 5.41) is 0. The summed E-state index contributed by atoms with van der Waals surface area (Å²) in [6.45, 7) is 8.38. The Morgan fingerprint density at radius 3 is 2.19 bits per heavy atom. The fourth-order valence-corrected chi connectivity index (χ4v) is 2.57. The van der Waals surface area contributed by atoms with Gasteiger partial charge in [-0.3, -0.25) is 4.98 Å². The number of anilines is 1. The summed E-state index contributed by atoms with van der Waals surface area (Å²) in [6.07, 6.45) is 1.81. The van der Waals surface area contributed by atoms with Crippen LogP contribution in [0.2, 0.25) is 0 Å². The lowest BCUT2D eigenvalue weighted by atomic mass is 10.1. The molecule has 1 aromatic carbocycles. The van der Waals surface area contributed by atoms with Gasteiger partial charge in [0, 0.05) is 23.0 Å². The fourth-order valence-electron chi connectivity index (χ4n) is 2.57. The molecule has 1 aromatic heterocycles. The Hall–Kier alpha value is -2.23. The minimum Gasteiger partial charge on any atom is -0.496 e. The van der Waals surface area contributed by atoms with Crippen molar-refractivity contribution in [3.8, 4) is 11.5 Å². The molecule has 4 heteroatoms. The van der Waals surface area contributed by atoms with Crippen molar-refractivity contribution >= 4 is 5.69 Å². The van der Waals surface area contributed by atoms with Crippen LogP contribution in [0.4, 0.5) is 5.69 Å². The Morgan fingerprint density at radius 1 is 1.00 bits per heavy atom. The van der Waals surface area contributed by atoms with Crippen molar-refractivity contribution in [2.75, 3.05) is 12.8 Å². The first-order valence-corrected chi connectivity index (χ1v) is 6.92. The van der Waals surface area contributed by atoms with Gasteiger partial charge in [0.25, 0.3) is 0 Å². The summed E-state index contributed by atoms with van der Waals surface area (Å²) in [7, 11) is 1.67. The Kier molecular flexibility index (Phi) is 4.36. The van der Waals surface area contributed by atoms with Crippen molar-refractivity contribution in [2.45, 2.75) is 34.3 Å². The molecule has 0 spiro atoms. The van der Waals surface area contributed by atoms with Gasteiger partial charge in [0.15, 0.2) is 0 Å². The molecule has 2 N–H and O–H groups in total. The zero-order chi connectivity index (χ0) is 15.6. The number of aryl methyl sites for hydroxylation is 3. The average molecular weight is 286 g/mol. The van der Waals surface area contributed by atoms with E-state index in [2.05, 4.69) is 4.98 Å². The van der Waals surface area contributed by atoms with Crippen molar-refractivity contribution in [1.29, 1.82) is 0 Å². The van der Waals surface area contributed by atoms with Crippen molar-refractivity contribution < 1.29 is 9.47 Å². The quantitative estimate of drug-likeness (QED) is 0.874. The van der Waals surface area contributed by atoms with Gasteiger partial charge in [0.05, 0.1) is 12.8 Å². The summed E-state index contributed by atoms with van der Waals surface area (Å²) in [5.74, 6) is 1.74. The molecule has 0 radical (unpaired) electrons. The number of nitrogen functional groups attached to an aromatic ring is 1. The van der Waals surface area contributed by atoms with Gasteiger partial charge in [-0.1, -0.05) is 0 Å². The second-order valence-electron chi connectivity index (χ2n) is 5.32. The Morgan fingerprint density at radius 2 is 1.62 bits per heavy atom. The SMILES string of the molecule is COc1c(C)cnc(COc2c(C)cc(N)cc2C)c1C. The molecule has 4 nitrogen and oxygen atoms in total. The van der Waals surface area contributed by atoms with Crippen LogP contribution < -0.4 is 15.2 Å². The maximum absolute atomic E-state index is 5.96. The summed E-state index contributed by atoms with van der Waals surface area (Å²) in [5.41, 5.74) is 11.6. The van der Waals surface area contributed by atoms with Crippen molar-refractivity contribution in [3.63, 3.8) is 0 Å². The third kappa shape index (κ3) is 3.10. The first-order chi connectivity index (χ1) is 9.93. The number of hydrogen-bond donors (Lipinski definition) is 1. The number of pyridine rings is 1. The first-order valence-electron chi connectivity index (χ1n) is 6.92. The number of hydrogen-bond acceptors (Lipinski definition) is 4. The smallest absolute Gasteiger partial charge is 0.131 e. The molecule has 0 atom stereocenters. The highest BCUT2D eigenvalue weighted by atomic mass is 16.5. The van der Waals surface area contributed by atoms with E-state index in [4.69, 9.17) is 15.2 Å². The summed E-state index contributed by atoms with van der Waals surface area (Å²) in [4.78, 5) is 4.45. The van der Waals surface area contributed by atoms with Crippen molar-refractivity contribution in [3.05, 3.63) is 46.3 Å². The maximum atomic E-state index is 5.96. The molecule has 0 aliphatic carbocycles. The van der Waals surface area contributed by atoms with E-state index >= 15 is 0 Å². The van der Waals surface area contributed by atoms with Crippen LogP contribution in [0.15, 0.2) is 18.3 Å². The van der Waals surface area contributed by atoms with Crippen LogP contribution in [-0.2, 0) is 6.61 Å². The summed E-state index contributed by atoms with van der Waals surface area (Å²) < 4.78 is 11.4. The fraction of sp³-hybridized carbons (Fsp3) is 0.353. The van der Waals surface area contributed by atoms with Gasteiger partial charge in [0.1, 0.15) is 18.1 Å². The predicted molar refractivity (Wildman–Crippen MR) is 84.9 cm³/mol. The molecule has 2 rings (SSSR count). The molecule has 0 amide bonds. The first kappa shape index (κ1) is 15.2. The Labute approximate surface area is 125 Å². The third-order valence-electron chi connectivity index (χ3n) is 3.59. The van der Waals surface area contributed by atoms with Crippen LogP contribution in [0, 0.1) is 27.7 Å². The number of benzene rings is 1. The number of ether oxygens (including phenoxy) is 2. The summed E-state index contributed by atoms with van der Waals surface area (Å²) >= 11 is 0. The number of nitrogens with zero attached hydrogens (tertiary/aromatic N) is 1. The second kappa shape index (κ2) is 6.04. The van der Waals surface area contributed by atoms with Gasteiger partial charge in [-0.05, 0) is 51.0 Å². The predicted octanol–water partition coefficient (Wildman–Crippen LogP) is 3.49. The van der Waals surface area contributed by atoms with Gasteiger partial charge >= 0.3 is 0 Å². The second-order valence-corrected chi connectivity index (χ2v) is 5.32. The monoisotopic (exact) mass is 286 g/mol. The van der Waals surface area contributed by atoms with E-state index in [0.717, 1.165) is 45.1 Å². The molecule has 0 saturated heterocycles. The van der Waals surface area contributed by atoms with Gasteiger partial charge < -0.3 is 15.2 Å². The van der Waals surface area contributed by atoms with E-state index in [9.17, 15) is 0 Å². The highest BCUT2D eigenvalue weighted by molar-refractivity contribution is 5.52. The van der Waals surface area contributed by atoms with Crippen molar-refractivity contribution in [2.24, 2.45) is 0 Å². The molecule has 0 fully saturated rings. The number of rotatable bonds is 4. The van der Waals surface area contributed by atoms with Crippen LogP contribution >= 0.6 is 0 Å². The molecule has 0 aliphatic heterocycles. The lowest BCUT2D eigenvalue weighted by Crippen LogP contribution is -2.05. The van der Waals surface area contributed by atoms with E-state index < -0.39 is 0 Å². The van der Waals surface area contributed by atoms with Gasteiger partial charge in [0.2, 0.25) is 0 Å². The number of methoxy groups -OCH3 is 1. The standard InChI is InChI=1S/C17H22N2O2/c1-10-6-14(18)7-11(2)16(10)21-9-15-13(4)17(20-5)12(3)8-19-15/h6-8H,9,18H2,1-5H3. The number of aromatic nitrogens is 1. The van der Waals surface area contributed by atoms with Gasteiger partial charge in [-0.25, -0.2) is 0 Å². The lowest BCUT2D eigenvalue weighted by molar-refractivity contribution is 0.295. The molecule has 0 aliphatic rings. The van der Waals surface area contributed by atoms with E-state index in [1.807, 2.05) is 46.0 Å². The molecule has 0 saturated carbocycles. The highest BCUT2D eigenvalue weighted by Gasteiger charge is 2.11. The van der Waals surface area contributed by atoms with Crippen LogP contribution in [0.1, 0.15) is 27.9 Å². The lowest BCUT2D eigenvalue weighted by Gasteiger charge is -2.15. The van der Waals surface area contributed by atoms with Crippen LogP contribution in [0.3, 0.4) is 0 Å². The molecule has 2 aromatic rings. The zero-order valence-corrected chi connectivity index (χ0v) is 13.3. The molecule has 0 unspecified atom stereocenters. The normalized spacial score (nSPS) is 10.5. The Bertz CT molecular complexity index is 643. The van der Waals surface area contributed by atoms with E-state index in [1.165, 1.54) is 0 Å². The molecular weight excluding hydrogens is 264 g/mol. The molecular formula is C17H22N2O2. The molecule has 0 bridgehead atoms. The molecule has 112 valence electrons. The van der Waals surface area contributed by atoms with Crippen molar-refractivity contribution in [1.82, 2.24) is 4.98 Å². The van der Waals surface area contributed by atoms with E-state index in [-0.39, 0.29) is 0 Å². The summed E-state index contributed by atoms with van der Waals surface area (Å²) in [6, 6.07) is 3.83. The van der Waals surface area contributed by atoms with Crippen LogP contribution in [-0.4, -0.2) is 12.1 Å². The van der Waals surface area contributed by atoms with Gasteiger partial charge in [-0.15, -0.1) is 0 Å². The maximum Gasteiger partial charge on any atom is 0.131 e. The largest absolute Gasteiger partial charge is 0.496 e. The molecule has 21 heavy (non-hydrogen) atoms. The van der Waals surface area contributed by atoms with Crippen LogP contribution in [0.5, 0.6) is 11.5 Å². The van der Waals surface area contributed by atoms with E-state index in [1.54, 1.807) is 7.11 Å². The molecule has 1 heterocycles. The van der Waals surface area contributed by atoms with E-state index in [0.29, 0.717) is 6.61 Å². The van der Waals surface area contributed by atoms with Gasteiger partial charge in [-0.2, -0.15) is 0 Å². The average Bonchev–Trinajstić information content (AvgIpc) is 2.40. The minimum atomic E-state index is 0.411. The number of nitrogens with two attached hydrogens (primary N) is 1. The zero-order valence-electron chi connectivity index (χ0n) is 13.3. The third-order valence-corrected chi connectivity index (χ3v) is 3.59. The minimum absolute atomic E-state index is 0.411. The topological polar surface area (TPSA) is 57.4 Å².